The van der Waals surface area contributed by atoms with Gasteiger partial charge in [-0.3, -0.25) is 4.79 Å². The van der Waals surface area contributed by atoms with E-state index in [4.69, 9.17) is 15.3 Å². The summed E-state index contributed by atoms with van der Waals surface area (Å²) in [5.74, 6) is -1.98. The molecule has 0 atom stereocenters. The maximum atomic E-state index is 10.3. The topological polar surface area (TPSA) is 94.8 Å². The monoisotopic (exact) mass is 310 g/mol. The number of unbranched alkanes of at least 4 members (excludes halogenated alkanes) is 6. The third-order valence-electron chi connectivity index (χ3n) is 3.13. The minimum Gasteiger partial charge on any atom is -0.507 e. The molecule has 0 aliphatic rings. The molecule has 0 aliphatic carbocycles. The van der Waals surface area contributed by atoms with E-state index in [0.29, 0.717) is 6.42 Å². The fourth-order valence-corrected chi connectivity index (χ4v) is 1.89. The Hall–Kier alpha value is -2.04. The SMILES string of the molecule is CCCCCCCCCC(=O)O.O=C(O)c1ccccc1O. The first kappa shape index (κ1) is 20.0. The van der Waals surface area contributed by atoms with E-state index in [9.17, 15) is 9.59 Å². The maximum absolute atomic E-state index is 10.3. The highest BCUT2D eigenvalue weighted by Crippen LogP contribution is 2.14. The lowest BCUT2D eigenvalue weighted by molar-refractivity contribution is -0.137. The largest absolute Gasteiger partial charge is 0.507 e. The van der Waals surface area contributed by atoms with Crippen LogP contribution in [0.5, 0.6) is 5.75 Å². The summed E-state index contributed by atoms with van der Waals surface area (Å²) in [6.45, 7) is 2.20. The summed E-state index contributed by atoms with van der Waals surface area (Å²) in [6.07, 6.45) is 8.64. The van der Waals surface area contributed by atoms with E-state index in [1.165, 1.54) is 44.2 Å². The Morgan fingerprint density at radius 2 is 1.45 bits per heavy atom. The van der Waals surface area contributed by atoms with Crippen LogP contribution in [-0.4, -0.2) is 27.3 Å². The third kappa shape index (κ3) is 10.7. The molecule has 3 N–H and O–H groups in total. The van der Waals surface area contributed by atoms with Crippen molar-refractivity contribution in [2.75, 3.05) is 0 Å². The van der Waals surface area contributed by atoms with Gasteiger partial charge in [-0.1, -0.05) is 57.6 Å². The first-order valence-electron chi connectivity index (χ1n) is 7.72. The van der Waals surface area contributed by atoms with E-state index in [2.05, 4.69) is 6.92 Å². The predicted molar refractivity (Wildman–Crippen MR) is 85.3 cm³/mol. The van der Waals surface area contributed by atoms with Gasteiger partial charge in [0, 0.05) is 6.42 Å². The van der Waals surface area contributed by atoms with Gasteiger partial charge in [0.1, 0.15) is 11.3 Å². The van der Waals surface area contributed by atoms with Gasteiger partial charge >= 0.3 is 11.9 Å². The van der Waals surface area contributed by atoms with Crippen LogP contribution in [-0.2, 0) is 4.79 Å². The zero-order valence-corrected chi connectivity index (χ0v) is 13.1. The fourth-order valence-electron chi connectivity index (χ4n) is 1.89. The lowest BCUT2D eigenvalue weighted by Gasteiger charge is -1.98. The van der Waals surface area contributed by atoms with Gasteiger partial charge in [-0.25, -0.2) is 4.79 Å². The van der Waals surface area contributed by atoms with Crippen molar-refractivity contribution in [3.05, 3.63) is 29.8 Å². The van der Waals surface area contributed by atoms with E-state index in [1.54, 1.807) is 12.1 Å². The molecule has 0 amide bonds. The predicted octanol–water partition coefficient (Wildman–Crippen LogP) is 4.30. The van der Waals surface area contributed by atoms with Crippen LogP contribution in [0.25, 0.3) is 0 Å². The van der Waals surface area contributed by atoms with Crippen molar-refractivity contribution in [2.24, 2.45) is 0 Å². The molecule has 0 saturated heterocycles. The van der Waals surface area contributed by atoms with E-state index in [0.717, 1.165) is 12.8 Å². The number of carbonyl (C=O) groups is 2. The molecule has 0 fully saturated rings. The van der Waals surface area contributed by atoms with Crippen LogP contribution in [0, 0.1) is 0 Å². The molecule has 0 bridgehead atoms. The summed E-state index contributed by atoms with van der Waals surface area (Å²) < 4.78 is 0. The average Bonchev–Trinajstić information content (AvgIpc) is 2.47. The van der Waals surface area contributed by atoms with Gasteiger partial charge in [-0.2, -0.15) is 0 Å². The zero-order valence-electron chi connectivity index (χ0n) is 13.1. The molecule has 0 saturated carbocycles. The van der Waals surface area contributed by atoms with Crippen molar-refractivity contribution in [3.8, 4) is 5.75 Å². The number of hydrogen-bond donors (Lipinski definition) is 3. The number of carboxylic acid groups (broad SMARTS) is 2. The molecule has 5 heteroatoms. The van der Waals surface area contributed by atoms with Gasteiger partial charge in [-0.15, -0.1) is 0 Å². The second-order valence-corrected chi connectivity index (χ2v) is 5.09. The van der Waals surface area contributed by atoms with E-state index >= 15 is 0 Å². The smallest absolute Gasteiger partial charge is 0.339 e. The fraction of sp³-hybridized carbons (Fsp3) is 0.529. The van der Waals surface area contributed by atoms with Gasteiger partial charge in [0.2, 0.25) is 0 Å². The minimum absolute atomic E-state index is 0.0671. The van der Waals surface area contributed by atoms with Crippen LogP contribution >= 0.6 is 0 Å². The van der Waals surface area contributed by atoms with Gasteiger partial charge in [-0.05, 0) is 18.6 Å². The van der Waals surface area contributed by atoms with Gasteiger partial charge in [0.05, 0.1) is 0 Å². The molecule has 1 rings (SSSR count). The Labute approximate surface area is 131 Å². The van der Waals surface area contributed by atoms with Crippen LogP contribution in [0.2, 0.25) is 0 Å². The van der Waals surface area contributed by atoms with E-state index < -0.39 is 11.9 Å². The van der Waals surface area contributed by atoms with E-state index in [-0.39, 0.29) is 11.3 Å². The highest BCUT2D eigenvalue weighted by Gasteiger charge is 2.05. The van der Waals surface area contributed by atoms with Crippen molar-refractivity contribution in [1.29, 1.82) is 0 Å². The first-order chi connectivity index (χ1) is 10.5. The Bertz CT molecular complexity index is 442. The number of aliphatic carboxylic acids is 1. The quantitative estimate of drug-likeness (QED) is 0.591. The molecule has 0 radical (unpaired) electrons. The summed E-state index contributed by atoms with van der Waals surface area (Å²) in [5, 5.41) is 25.7. The summed E-state index contributed by atoms with van der Waals surface area (Å²) in [7, 11) is 0. The molecule has 22 heavy (non-hydrogen) atoms. The number of aromatic hydroxyl groups is 1. The highest BCUT2D eigenvalue weighted by atomic mass is 16.4. The molecule has 124 valence electrons. The standard InChI is InChI=1S/C10H20O2.C7H6O3/c1-2-3-4-5-6-7-8-9-10(11)12;8-6-4-2-1-3-5(6)7(9)10/h2-9H2,1H3,(H,11,12);1-4,8H,(H,9,10). The third-order valence-corrected chi connectivity index (χ3v) is 3.13. The van der Waals surface area contributed by atoms with Crippen LogP contribution in [0.15, 0.2) is 24.3 Å². The van der Waals surface area contributed by atoms with Crippen molar-refractivity contribution >= 4 is 11.9 Å². The van der Waals surface area contributed by atoms with Crippen molar-refractivity contribution in [2.45, 2.75) is 58.3 Å². The lowest BCUT2D eigenvalue weighted by Crippen LogP contribution is -1.95. The Morgan fingerprint density at radius 3 is 1.91 bits per heavy atom. The molecule has 0 unspecified atom stereocenters. The first-order valence-corrected chi connectivity index (χ1v) is 7.72. The number of para-hydroxylation sites is 1. The second-order valence-electron chi connectivity index (χ2n) is 5.09. The van der Waals surface area contributed by atoms with Crippen LogP contribution in [0.4, 0.5) is 0 Å². The average molecular weight is 310 g/mol. The lowest BCUT2D eigenvalue weighted by atomic mass is 10.1. The number of rotatable bonds is 9. The zero-order chi connectivity index (χ0) is 16.8. The molecular weight excluding hydrogens is 284 g/mol. The molecule has 0 aromatic heterocycles. The Kier molecular flexibility index (Phi) is 11.5. The van der Waals surface area contributed by atoms with Crippen LogP contribution in [0.3, 0.4) is 0 Å². The number of carboxylic acids is 2. The normalized spacial score (nSPS) is 9.68. The molecule has 1 aromatic rings. The molecule has 0 aliphatic heterocycles. The highest BCUT2D eigenvalue weighted by molar-refractivity contribution is 5.90. The number of hydrogen-bond acceptors (Lipinski definition) is 3. The minimum atomic E-state index is -1.11. The molecule has 0 heterocycles. The Morgan fingerprint density at radius 1 is 0.909 bits per heavy atom. The molecule has 1 aromatic carbocycles. The van der Waals surface area contributed by atoms with Crippen molar-refractivity contribution < 1.29 is 24.9 Å². The summed E-state index contributed by atoms with van der Waals surface area (Å²) in [6, 6.07) is 5.81. The van der Waals surface area contributed by atoms with Gasteiger partial charge < -0.3 is 15.3 Å². The van der Waals surface area contributed by atoms with E-state index in [1.807, 2.05) is 0 Å². The number of aromatic carboxylic acids is 1. The van der Waals surface area contributed by atoms with Crippen LogP contribution in [0.1, 0.15) is 68.6 Å². The van der Waals surface area contributed by atoms with Crippen molar-refractivity contribution in [1.82, 2.24) is 0 Å². The summed E-state index contributed by atoms with van der Waals surface area (Å²) >= 11 is 0. The van der Waals surface area contributed by atoms with Gasteiger partial charge in [0.15, 0.2) is 0 Å². The number of phenols is 1. The van der Waals surface area contributed by atoms with Gasteiger partial charge in [0.25, 0.3) is 0 Å². The Balaban J connectivity index is 0.000000406. The second kappa shape index (κ2) is 12.7. The van der Waals surface area contributed by atoms with Crippen molar-refractivity contribution in [3.63, 3.8) is 0 Å². The summed E-state index contributed by atoms with van der Waals surface area (Å²) in [5.41, 5.74) is -0.0671. The molecule has 5 nitrogen and oxygen atoms in total. The molecular formula is C17H26O5. The summed E-state index contributed by atoms with van der Waals surface area (Å²) in [4.78, 5) is 20.4. The maximum Gasteiger partial charge on any atom is 0.339 e. The van der Waals surface area contributed by atoms with Crippen LogP contribution < -0.4 is 0 Å². The number of benzene rings is 1. The molecule has 0 spiro atoms.